The van der Waals surface area contributed by atoms with Gasteiger partial charge in [0.1, 0.15) is 0 Å². The van der Waals surface area contributed by atoms with Gasteiger partial charge in [-0.15, -0.1) is 3.89 Å². The molecule has 0 aliphatic carbocycles. The third kappa shape index (κ3) is 4.41. The normalized spacial score (nSPS) is 18.3. The van der Waals surface area contributed by atoms with Crippen LogP contribution in [0.2, 0.25) is 0 Å². The van der Waals surface area contributed by atoms with Crippen molar-refractivity contribution in [1.82, 2.24) is 14.7 Å². The second-order valence-electron chi connectivity index (χ2n) is 6.08. The molecule has 2 heterocycles. The van der Waals surface area contributed by atoms with E-state index < -0.39 is 21.9 Å². The Hall–Kier alpha value is -2.22. The highest BCUT2D eigenvalue weighted by Crippen LogP contribution is 2.22. The summed E-state index contributed by atoms with van der Waals surface area (Å²) in [5.74, 6) is -1.23. The minimum atomic E-state index is -4.55. The molecule has 24 heavy (non-hydrogen) atoms. The molecule has 0 N–H and O–H groups in total. The number of nitrogens with zero attached hydrogens (tertiary/aromatic N) is 3. The number of amides is 1. The minimum absolute atomic E-state index is 0.0707. The summed E-state index contributed by atoms with van der Waals surface area (Å²) in [6.45, 7) is 1.25. The van der Waals surface area contributed by atoms with Gasteiger partial charge in [0.15, 0.2) is 0 Å². The highest BCUT2D eigenvalue weighted by atomic mass is 32.3. The fourth-order valence-corrected chi connectivity index (χ4v) is 3.75. The van der Waals surface area contributed by atoms with E-state index in [1.807, 2.05) is 36.5 Å². The van der Waals surface area contributed by atoms with Gasteiger partial charge in [-0.2, -0.15) is 13.5 Å². The van der Waals surface area contributed by atoms with Crippen molar-refractivity contribution in [3.05, 3.63) is 53.9 Å². The molecule has 1 atom stereocenters. The molecule has 0 saturated carbocycles. The van der Waals surface area contributed by atoms with E-state index in [0.717, 1.165) is 11.1 Å². The van der Waals surface area contributed by atoms with Crippen molar-refractivity contribution in [2.24, 2.45) is 5.92 Å². The first kappa shape index (κ1) is 16.6. The van der Waals surface area contributed by atoms with E-state index in [-0.39, 0.29) is 18.9 Å². The number of aromatic nitrogens is 2. The minimum Gasteiger partial charge on any atom is -0.338 e. The van der Waals surface area contributed by atoms with E-state index in [0.29, 0.717) is 13.1 Å². The molecule has 1 unspecified atom stereocenters. The smallest absolute Gasteiger partial charge is 0.302 e. The number of carbonyl (C=O) groups excluding carboxylic acids is 1. The van der Waals surface area contributed by atoms with Crippen molar-refractivity contribution in [2.75, 3.05) is 12.3 Å². The van der Waals surface area contributed by atoms with Crippen LogP contribution in [0.4, 0.5) is 3.89 Å². The van der Waals surface area contributed by atoms with Crippen LogP contribution in [0.3, 0.4) is 0 Å². The predicted molar refractivity (Wildman–Crippen MR) is 86.2 cm³/mol. The number of halogens is 1. The van der Waals surface area contributed by atoms with Crippen molar-refractivity contribution in [1.29, 1.82) is 0 Å². The molecule has 1 fully saturated rings. The molecule has 6 nitrogen and oxygen atoms in total. The summed E-state index contributed by atoms with van der Waals surface area (Å²) < 4.78 is 36.0. The predicted octanol–water partition coefficient (Wildman–Crippen LogP) is 1.58. The summed E-state index contributed by atoms with van der Waals surface area (Å²) >= 11 is 0. The molecule has 3 rings (SSSR count). The van der Waals surface area contributed by atoms with Crippen molar-refractivity contribution < 1.29 is 17.1 Å². The Morgan fingerprint density at radius 3 is 2.62 bits per heavy atom. The molecular weight excluding hydrogens is 333 g/mol. The Morgan fingerprint density at radius 1 is 1.17 bits per heavy atom. The third-order valence-corrected chi connectivity index (χ3v) is 4.85. The van der Waals surface area contributed by atoms with Crippen molar-refractivity contribution >= 4 is 16.1 Å². The quantitative estimate of drug-likeness (QED) is 0.741. The fourth-order valence-electron chi connectivity index (χ4n) is 2.97. The second kappa shape index (κ2) is 6.72. The van der Waals surface area contributed by atoms with E-state index in [2.05, 4.69) is 5.10 Å². The van der Waals surface area contributed by atoms with E-state index in [1.54, 1.807) is 15.8 Å². The maximum absolute atomic E-state index is 12.8. The molecule has 8 heteroatoms. The zero-order valence-corrected chi connectivity index (χ0v) is 13.8. The van der Waals surface area contributed by atoms with E-state index in [1.165, 1.54) is 0 Å². The summed E-state index contributed by atoms with van der Waals surface area (Å²) in [5.41, 5.74) is 1.99. The molecule has 0 spiro atoms. The number of hydrogen-bond acceptors (Lipinski definition) is 4. The van der Waals surface area contributed by atoms with E-state index in [9.17, 15) is 17.1 Å². The van der Waals surface area contributed by atoms with Crippen LogP contribution < -0.4 is 0 Å². The molecule has 1 saturated heterocycles. The first-order valence-electron chi connectivity index (χ1n) is 7.64. The lowest BCUT2D eigenvalue weighted by Gasteiger charge is -2.15. The van der Waals surface area contributed by atoms with Crippen LogP contribution in [-0.2, 0) is 28.1 Å². The number of rotatable bonds is 6. The summed E-state index contributed by atoms with van der Waals surface area (Å²) in [6.07, 6.45) is 3.62. The summed E-state index contributed by atoms with van der Waals surface area (Å²) in [5, 5.41) is 4.28. The van der Waals surface area contributed by atoms with Crippen LogP contribution in [0.1, 0.15) is 17.5 Å². The Labute approximate surface area is 140 Å². The molecule has 2 aromatic rings. The number of benzene rings is 1. The molecule has 0 radical (unpaired) electrons. The van der Waals surface area contributed by atoms with E-state index in [4.69, 9.17) is 0 Å². The molecular formula is C16H18FN3O3S. The maximum Gasteiger partial charge on any atom is 0.302 e. The van der Waals surface area contributed by atoms with Crippen LogP contribution in [0.5, 0.6) is 0 Å². The third-order valence-electron chi connectivity index (χ3n) is 3.98. The fraction of sp³-hybridized carbons (Fsp3) is 0.375. The highest BCUT2D eigenvalue weighted by molar-refractivity contribution is 7.86. The number of hydrogen-bond donors (Lipinski definition) is 0. The van der Waals surface area contributed by atoms with Gasteiger partial charge in [0.25, 0.3) is 0 Å². The van der Waals surface area contributed by atoms with Gasteiger partial charge in [0, 0.05) is 37.2 Å². The summed E-state index contributed by atoms with van der Waals surface area (Å²) in [4.78, 5) is 13.5. The van der Waals surface area contributed by atoms with Crippen molar-refractivity contribution in [2.45, 2.75) is 19.5 Å². The largest absolute Gasteiger partial charge is 0.338 e. The molecule has 0 bridgehead atoms. The maximum atomic E-state index is 12.8. The van der Waals surface area contributed by atoms with Gasteiger partial charge in [0.2, 0.25) is 5.91 Å². The number of likely N-dealkylation sites (tertiary alicyclic amines) is 1. The first-order chi connectivity index (χ1) is 11.4. The van der Waals surface area contributed by atoms with Gasteiger partial charge in [-0.25, -0.2) is 0 Å². The van der Waals surface area contributed by atoms with Gasteiger partial charge in [-0.1, -0.05) is 30.3 Å². The summed E-state index contributed by atoms with van der Waals surface area (Å²) in [6, 6.07) is 9.88. The Morgan fingerprint density at radius 2 is 1.92 bits per heavy atom. The summed E-state index contributed by atoms with van der Waals surface area (Å²) in [7, 11) is -4.55. The lowest BCUT2D eigenvalue weighted by atomic mass is 10.1. The number of carbonyl (C=O) groups is 1. The topological polar surface area (TPSA) is 72.3 Å². The first-order valence-corrected chi connectivity index (χ1v) is 9.20. The molecule has 128 valence electrons. The zero-order chi connectivity index (χ0) is 17.2. The molecule has 1 aliphatic heterocycles. The Kier molecular flexibility index (Phi) is 4.66. The van der Waals surface area contributed by atoms with Crippen LogP contribution in [0.25, 0.3) is 0 Å². The lowest BCUT2D eigenvalue weighted by Crippen LogP contribution is -2.25. The van der Waals surface area contributed by atoms with Gasteiger partial charge in [0.05, 0.1) is 18.5 Å². The van der Waals surface area contributed by atoms with Gasteiger partial charge >= 0.3 is 10.2 Å². The molecule has 1 amide bonds. The van der Waals surface area contributed by atoms with Crippen LogP contribution in [0, 0.1) is 5.92 Å². The lowest BCUT2D eigenvalue weighted by molar-refractivity contribution is -0.128. The Balaban J connectivity index is 1.60. The SMILES string of the molecule is O=C1CC(CS(=O)(=O)F)CN1Cc1cnn(Cc2ccccc2)c1. The van der Waals surface area contributed by atoms with Gasteiger partial charge < -0.3 is 4.90 Å². The Bertz CT molecular complexity index is 820. The van der Waals surface area contributed by atoms with Crippen molar-refractivity contribution in [3.8, 4) is 0 Å². The zero-order valence-electron chi connectivity index (χ0n) is 13.0. The molecule has 1 aliphatic rings. The standard InChI is InChI=1S/C16H18FN3O3S/c17-24(22,23)12-14-6-16(21)19(8-14)9-15-7-18-20(11-15)10-13-4-2-1-3-5-13/h1-5,7,11,14H,6,8-10,12H2. The second-order valence-corrected chi connectivity index (χ2v) is 7.49. The monoisotopic (exact) mass is 351 g/mol. The average Bonchev–Trinajstić information content (AvgIpc) is 3.06. The van der Waals surface area contributed by atoms with Crippen molar-refractivity contribution in [3.63, 3.8) is 0 Å². The molecule has 1 aromatic carbocycles. The van der Waals surface area contributed by atoms with Gasteiger partial charge in [-0.3, -0.25) is 9.48 Å². The van der Waals surface area contributed by atoms with E-state index >= 15 is 0 Å². The average molecular weight is 351 g/mol. The highest BCUT2D eigenvalue weighted by Gasteiger charge is 2.32. The van der Waals surface area contributed by atoms with Crippen LogP contribution >= 0.6 is 0 Å². The van der Waals surface area contributed by atoms with Gasteiger partial charge in [-0.05, 0) is 5.56 Å². The van der Waals surface area contributed by atoms with Crippen LogP contribution in [-0.4, -0.2) is 41.3 Å². The molecule has 1 aromatic heterocycles. The van der Waals surface area contributed by atoms with Crippen LogP contribution in [0.15, 0.2) is 42.7 Å².